The van der Waals surface area contributed by atoms with E-state index in [1.54, 1.807) is 6.26 Å². The Kier molecular flexibility index (Phi) is 5.46. The molecule has 0 aliphatic rings. The molecule has 90 valence electrons. The average Bonchev–Trinajstić information content (AvgIpc) is 2.14. The van der Waals surface area contributed by atoms with Gasteiger partial charge in [-0.15, -0.1) is 0 Å². The minimum absolute atomic E-state index is 0.700. The first-order valence-corrected chi connectivity index (χ1v) is 7.37. The van der Waals surface area contributed by atoms with Crippen LogP contribution in [-0.2, 0) is 17.3 Å². The third kappa shape index (κ3) is 4.24. The lowest BCUT2D eigenvalue weighted by Gasteiger charge is -2.11. The van der Waals surface area contributed by atoms with Gasteiger partial charge in [-0.05, 0) is 42.7 Å². The molecule has 1 aromatic carbocycles. The number of hydrogen-bond acceptors (Lipinski definition) is 2. The maximum atomic E-state index is 10.9. The maximum Gasteiger partial charge on any atom is 0.0411 e. The highest BCUT2D eigenvalue weighted by Gasteiger charge is 2.03. The summed E-state index contributed by atoms with van der Waals surface area (Å²) in [6.45, 7) is 5.72. The van der Waals surface area contributed by atoms with Crippen molar-refractivity contribution < 1.29 is 4.21 Å². The minimum Gasteiger partial charge on any atom is -0.312 e. The Balaban J connectivity index is 2.57. The molecule has 1 N–H and O–H groups in total. The Morgan fingerprint density at radius 1 is 1.31 bits per heavy atom. The Morgan fingerprint density at radius 3 is 2.38 bits per heavy atom. The lowest BCUT2D eigenvalue weighted by Crippen LogP contribution is -2.20. The molecular weight excluding hydrogens is 242 g/mol. The number of nitrogens with one attached hydrogen (secondary N) is 1. The van der Waals surface area contributed by atoms with Crippen LogP contribution in [0.5, 0.6) is 0 Å². The summed E-state index contributed by atoms with van der Waals surface area (Å²) >= 11 is 5.96. The fourth-order valence-electron chi connectivity index (χ4n) is 1.65. The topological polar surface area (TPSA) is 29.1 Å². The van der Waals surface area contributed by atoms with Gasteiger partial charge < -0.3 is 5.32 Å². The summed E-state index contributed by atoms with van der Waals surface area (Å²) in [5, 5.41) is 4.08. The normalized spacial score (nSPS) is 12.8. The van der Waals surface area contributed by atoms with Crippen LogP contribution >= 0.6 is 11.6 Å². The molecule has 0 fully saturated rings. The molecule has 1 aromatic rings. The zero-order valence-corrected chi connectivity index (χ0v) is 11.5. The third-order valence-electron chi connectivity index (χ3n) is 2.53. The van der Waals surface area contributed by atoms with Crippen LogP contribution in [0.25, 0.3) is 0 Å². The molecule has 4 heteroatoms. The van der Waals surface area contributed by atoms with Gasteiger partial charge in [0, 0.05) is 40.9 Å². The first kappa shape index (κ1) is 13.7. The van der Waals surface area contributed by atoms with Crippen LogP contribution in [0.1, 0.15) is 16.7 Å². The smallest absolute Gasteiger partial charge is 0.0411 e. The molecule has 1 rings (SSSR count). The fourth-order valence-corrected chi connectivity index (χ4v) is 2.41. The van der Waals surface area contributed by atoms with E-state index in [2.05, 4.69) is 19.2 Å². The van der Waals surface area contributed by atoms with Gasteiger partial charge in [-0.3, -0.25) is 4.21 Å². The van der Waals surface area contributed by atoms with Crippen molar-refractivity contribution in [2.75, 3.05) is 18.6 Å². The molecule has 0 saturated heterocycles. The zero-order chi connectivity index (χ0) is 12.1. The van der Waals surface area contributed by atoms with Gasteiger partial charge in [-0.2, -0.15) is 0 Å². The van der Waals surface area contributed by atoms with Crippen molar-refractivity contribution in [3.63, 3.8) is 0 Å². The predicted molar refractivity (Wildman–Crippen MR) is 71.6 cm³/mol. The molecule has 0 amide bonds. The van der Waals surface area contributed by atoms with Crippen molar-refractivity contribution in [2.45, 2.75) is 20.4 Å². The van der Waals surface area contributed by atoms with Gasteiger partial charge in [-0.25, -0.2) is 0 Å². The van der Waals surface area contributed by atoms with Gasteiger partial charge in [0.15, 0.2) is 0 Å². The monoisotopic (exact) mass is 259 g/mol. The maximum absolute atomic E-state index is 10.9. The lowest BCUT2D eigenvalue weighted by atomic mass is 10.0. The molecule has 0 radical (unpaired) electrons. The van der Waals surface area contributed by atoms with Crippen LogP contribution in [0.15, 0.2) is 12.1 Å². The Bertz CT molecular complexity index is 370. The van der Waals surface area contributed by atoms with E-state index in [4.69, 9.17) is 11.6 Å². The number of rotatable bonds is 5. The van der Waals surface area contributed by atoms with E-state index in [0.29, 0.717) is 5.75 Å². The van der Waals surface area contributed by atoms with Crippen LogP contribution in [0.3, 0.4) is 0 Å². The first-order valence-electron chi connectivity index (χ1n) is 5.27. The highest BCUT2D eigenvalue weighted by molar-refractivity contribution is 7.84. The van der Waals surface area contributed by atoms with E-state index >= 15 is 0 Å². The van der Waals surface area contributed by atoms with E-state index in [-0.39, 0.29) is 0 Å². The van der Waals surface area contributed by atoms with Crippen molar-refractivity contribution in [1.82, 2.24) is 5.32 Å². The zero-order valence-electron chi connectivity index (χ0n) is 9.97. The summed E-state index contributed by atoms with van der Waals surface area (Å²) in [4.78, 5) is 0. The fraction of sp³-hybridized carbons (Fsp3) is 0.500. The van der Waals surface area contributed by atoms with Crippen LogP contribution in [0.2, 0.25) is 5.02 Å². The highest BCUT2D eigenvalue weighted by Crippen LogP contribution is 2.19. The molecule has 1 unspecified atom stereocenters. The van der Waals surface area contributed by atoms with Crippen LogP contribution in [0.4, 0.5) is 0 Å². The van der Waals surface area contributed by atoms with Gasteiger partial charge in [0.2, 0.25) is 0 Å². The van der Waals surface area contributed by atoms with Gasteiger partial charge in [0.25, 0.3) is 0 Å². The quantitative estimate of drug-likeness (QED) is 0.823. The molecule has 0 saturated carbocycles. The van der Waals surface area contributed by atoms with Crippen molar-refractivity contribution in [3.05, 3.63) is 33.8 Å². The predicted octanol–water partition coefficient (Wildman–Crippen LogP) is 2.42. The van der Waals surface area contributed by atoms with E-state index in [9.17, 15) is 4.21 Å². The van der Waals surface area contributed by atoms with E-state index < -0.39 is 10.8 Å². The van der Waals surface area contributed by atoms with Crippen LogP contribution < -0.4 is 5.32 Å². The van der Waals surface area contributed by atoms with E-state index in [0.717, 1.165) is 18.1 Å². The molecule has 16 heavy (non-hydrogen) atoms. The third-order valence-corrected chi connectivity index (χ3v) is 3.53. The highest BCUT2D eigenvalue weighted by atomic mass is 35.5. The van der Waals surface area contributed by atoms with Gasteiger partial charge in [0.05, 0.1) is 0 Å². The number of benzene rings is 1. The molecule has 0 aliphatic heterocycles. The Labute approximate surface area is 105 Å². The molecule has 1 atom stereocenters. The average molecular weight is 260 g/mol. The summed E-state index contributed by atoms with van der Waals surface area (Å²) in [5.41, 5.74) is 3.69. The van der Waals surface area contributed by atoms with Crippen LogP contribution in [0, 0.1) is 13.8 Å². The standard InChI is InChI=1S/C12H18ClNOS/c1-9-6-11(13)7-10(2)12(9)8-14-4-5-16(3)15/h6-7,14H,4-5,8H2,1-3H3. The molecule has 0 bridgehead atoms. The summed E-state index contributed by atoms with van der Waals surface area (Å²) in [7, 11) is -0.721. The number of halogens is 1. The van der Waals surface area contributed by atoms with Crippen molar-refractivity contribution >= 4 is 22.4 Å². The summed E-state index contributed by atoms with van der Waals surface area (Å²) < 4.78 is 10.9. The first-order chi connectivity index (χ1) is 7.50. The number of aryl methyl sites for hydroxylation is 2. The van der Waals surface area contributed by atoms with Crippen molar-refractivity contribution in [2.24, 2.45) is 0 Å². The SMILES string of the molecule is Cc1cc(Cl)cc(C)c1CNCCS(C)=O. The second-order valence-electron chi connectivity index (χ2n) is 3.97. The Hall–Kier alpha value is -0.380. The van der Waals surface area contributed by atoms with E-state index in [1.807, 2.05) is 12.1 Å². The largest absolute Gasteiger partial charge is 0.312 e. The molecule has 0 aliphatic carbocycles. The molecule has 0 spiro atoms. The van der Waals surface area contributed by atoms with Gasteiger partial charge in [-0.1, -0.05) is 11.6 Å². The second-order valence-corrected chi connectivity index (χ2v) is 5.96. The van der Waals surface area contributed by atoms with Crippen LogP contribution in [-0.4, -0.2) is 22.8 Å². The molecule has 2 nitrogen and oxygen atoms in total. The van der Waals surface area contributed by atoms with Gasteiger partial charge >= 0.3 is 0 Å². The van der Waals surface area contributed by atoms with E-state index in [1.165, 1.54) is 16.7 Å². The van der Waals surface area contributed by atoms with Gasteiger partial charge in [0.1, 0.15) is 0 Å². The minimum atomic E-state index is -0.721. The second kappa shape index (κ2) is 6.38. The summed E-state index contributed by atoms with van der Waals surface area (Å²) in [5.74, 6) is 0.700. The molecule has 0 aromatic heterocycles. The van der Waals surface area contributed by atoms with Crippen molar-refractivity contribution in [3.8, 4) is 0 Å². The summed E-state index contributed by atoms with van der Waals surface area (Å²) in [6.07, 6.45) is 1.72. The number of hydrogen-bond donors (Lipinski definition) is 1. The summed E-state index contributed by atoms with van der Waals surface area (Å²) in [6, 6.07) is 3.95. The molecule has 0 heterocycles. The van der Waals surface area contributed by atoms with Crippen molar-refractivity contribution in [1.29, 1.82) is 0 Å². The molecular formula is C12H18ClNOS. The Morgan fingerprint density at radius 2 is 1.88 bits per heavy atom. The lowest BCUT2D eigenvalue weighted by molar-refractivity contribution is 0.676.